The highest BCUT2D eigenvalue weighted by atomic mass is 19.1. The Morgan fingerprint density at radius 1 is 1.29 bits per heavy atom. The molecule has 0 aromatic heterocycles. The number of rotatable bonds is 4. The van der Waals surface area contributed by atoms with Crippen LogP contribution in [0.5, 0.6) is 5.75 Å². The quantitative estimate of drug-likeness (QED) is 0.885. The molecule has 24 heavy (non-hydrogen) atoms. The lowest BCUT2D eigenvalue weighted by Gasteiger charge is -2.47. The van der Waals surface area contributed by atoms with Crippen LogP contribution in [0.4, 0.5) is 9.18 Å². The van der Waals surface area contributed by atoms with E-state index in [0.717, 1.165) is 11.3 Å². The molecule has 1 fully saturated rings. The van der Waals surface area contributed by atoms with Crippen molar-refractivity contribution in [2.75, 3.05) is 7.11 Å². The highest BCUT2D eigenvalue weighted by Crippen LogP contribution is 2.32. The van der Waals surface area contributed by atoms with Crippen LogP contribution in [0, 0.1) is 0 Å². The Labute approximate surface area is 142 Å². The molecular weight excluding hydrogens is 311 g/mol. The SMILES string of the molecule is COc1ccc(CNC(=O)O[C@H]2CC(C)(C)NC(C)(C)[C@@H]2F)cc1. The number of hydrogen-bond acceptors (Lipinski definition) is 4. The summed E-state index contributed by atoms with van der Waals surface area (Å²) in [7, 11) is 1.60. The van der Waals surface area contributed by atoms with Crippen LogP contribution in [0.3, 0.4) is 0 Å². The van der Waals surface area contributed by atoms with Gasteiger partial charge in [0.2, 0.25) is 0 Å². The van der Waals surface area contributed by atoms with Crippen LogP contribution in [0.1, 0.15) is 39.7 Å². The maximum Gasteiger partial charge on any atom is 0.407 e. The van der Waals surface area contributed by atoms with E-state index in [1.165, 1.54) is 0 Å². The van der Waals surface area contributed by atoms with Crippen molar-refractivity contribution in [1.82, 2.24) is 10.6 Å². The van der Waals surface area contributed by atoms with Gasteiger partial charge in [-0.2, -0.15) is 0 Å². The number of halogens is 1. The number of ether oxygens (including phenoxy) is 2. The number of alkyl halides is 1. The molecule has 1 aliphatic rings. The summed E-state index contributed by atoms with van der Waals surface area (Å²) in [5.74, 6) is 0.751. The predicted molar refractivity (Wildman–Crippen MR) is 90.9 cm³/mol. The summed E-state index contributed by atoms with van der Waals surface area (Å²) in [5.41, 5.74) is -0.133. The normalized spacial score (nSPS) is 24.9. The number of hydrogen-bond donors (Lipinski definition) is 2. The van der Waals surface area contributed by atoms with Crippen molar-refractivity contribution in [1.29, 1.82) is 0 Å². The lowest BCUT2D eigenvalue weighted by Crippen LogP contribution is -2.66. The van der Waals surface area contributed by atoms with Crippen LogP contribution in [0.2, 0.25) is 0 Å². The minimum Gasteiger partial charge on any atom is -0.497 e. The molecule has 0 aliphatic carbocycles. The van der Waals surface area contributed by atoms with Crippen molar-refractivity contribution >= 4 is 6.09 Å². The van der Waals surface area contributed by atoms with Gasteiger partial charge < -0.3 is 20.1 Å². The molecular formula is C18H27FN2O3. The molecule has 134 valence electrons. The maximum absolute atomic E-state index is 14.6. The monoisotopic (exact) mass is 338 g/mol. The molecule has 1 amide bonds. The summed E-state index contributed by atoms with van der Waals surface area (Å²) < 4.78 is 25.0. The molecule has 0 saturated carbocycles. The number of nitrogens with one attached hydrogen (secondary N) is 2. The van der Waals surface area contributed by atoms with Gasteiger partial charge in [0, 0.05) is 24.0 Å². The Kier molecular flexibility index (Phi) is 5.38. The summed E-state index contributed by atoms with van der Waals surface area (Å²) in [6.45, 7) is 7.84. The predicted octanol–water partition coefficient (Wildman–Crippen LogP) is 3.18. The van der Waals surface area contributed by atoms with E-state index in [-0.39, 0.29) is 5.54 Å². The lowest BCUT2D eigenvalue weighted by molar-refractivity contribution is -0.0475. The summed E-state index contributed by atoms with van der Waals surface area (Å²) in [5, 5.41) is 5.92. The zero-order chi connectivity index (χ0) is 18.0. The van der Waals surface area contributed by atoms with Crippen molar-refractivity contribution in [3.8, 4) is 5.75 Å². The lowest BCUT2D eigenvalue weighted by atomic mass is 9.79. The van der Waals surface area contributed by atoms with E-state index in [2.05, 4.69) is 10.6 Å². The molecule has 0 radical (unpaired) electrons. The first-order chi connectivity index (χ1) is 11.1. The second-order valence-electron chi connectivity index (χ2n) is 7.48. The van der Waals surface area contributed by atoms with E-state index in [1.807, 2.05) is 38.1 Å². The van der Waals surface area contributed by atoms with Gasteiger partial charge in [0.05, 0.1) is 7.11 Å². The molecule has 2 rings (SSSR count). The minimum absolute atomic E-state index is 0.299. The Balaban J connectivity index is 1.90. The second kappa shape index (κ2) is 6.97. The van der Waals surface area contributed by atoms with Crippen LogP contribution in [-0.4, -0.2) is 36.6 Å². The molecule has 1 saturated heterocycles. The zero-order valence-corrected chi connectivity index (χ0v) is 15.0. The Bertz CT molecular complexity index is 572. The average molecular weight is 338 g/mol. The third-order valence-electron chi connectivity index (χ3n) is 4.24. The number of alkyl carbamates (subject to hydrolysis) is 1. The number of carbonyl (C=O) groups is 1. The van der Waals surface area contributed by atoms with E-state index in [1.54, 1.807) is 21.0 Å². The fourth-order valence-corrected chi connectivity index (χ4v) is 3.26. The fourth-order valence-electron chi connectivity index (χ4n) is 3.26. The number of amides is 1. The van der Waals surface area contributed by atoms with Crippen LogP contribution in [0.25, 0.3) is 0 Å². The summed E-state index contributed by atoms with van der Waals surface area (Å²) in [6, 6.07) is 7.34. The average Bonchev–Trinajstić information content (AvgIpc) is 2.49. The van der Waals surface area contributed by atoms with Crippen LogP contribution < -0.4 is 15.4 Å². The van der Waals surface area contributed by atoms with Gasteiger partial charge in [-0.3, -0.25) is 0 Å². The van der Waals surface area contributed by atoms with Crippen LogP contribution in [-0.2, 0) is 11.3 Å². The Hall–Kier alpha value is -1.82. The van der Waals surface area contributed by atoms with Crippen LogP contribution >= 0.6 is 0 Å². The Morgan fingerprint density at radius 2 is 1.92 bits per heavy atom. The van der Waals surface area contributed by atoms with Gasteiger partial charge in [0.1, 0.15) is 11.9 Å². The first-order valence-corrected chi connectivity index (χ1v) is 8.14. The molecule has 6 heteroatoms. The minimum atomic E-state index is -1.27. The van der Waals surface area contributed by atoms with Crippen molar-refractivity contribution in [2.45, 2.75) is 64.0 Å². The number of carbonyl (C=O) groups excluding carboxylic acids is 1. The summed E-state index contributed by atoms with van der Waals surface area (Å²) in [6.07, 6.45) is -2.22. The van der Waals surface area contributed by atoms with Gasteiger partial charge in [0.25, 0.3) is 0 Å². The van der Waals surface area contributed by atoms with E-state index in [9.17, 15) is 9.18 Å². The smallest absolute Gasteiger partial charge is 0.407 e. The molecule has 2 atom stereocenters. The number of piperidine rings is 1. The Morgan fingerprint density at radius 3 is 2.50 bits per heavy atom. The zero-order valence-electron chi connectivity index (χ0n) is 15.0. The molecule has 1 aromatic carbocycles. The van der Waals surface area contributed by atoms with Gasteiger partial charge in [-0.15, -0.1) is 0 Å². The third-order valence-corrected chi connectivity index (χ3v) is 4.24. The molecule has 0 spiro atoms. The first kappa shape index (κ1) is 18.5. The third kappa shape index (κ3) is 4.60. The van der Waals surface area contributed by atoms with Gasteiger partial charge >= 0.3 is 6.09 Å². The molecule has 1 heterocycles. The second-order valence-corrected chi connectivity index (χ2v) is 7.48. The highest BCUT2D eigenvalue weighted by molar-refractivity contribution is 5.67. The summed E-state index contributed by atoms with van der Waals surface area (Å²) >= 11 is 0. The molecule has 0 unspecified atom stereocenters. The van der Waals surface area contributed by atoms with E-state index in [4.69, 9.17) is 9.47 Å². The number of methoxy groups -OCH3 is 1. The van der Waals surface area contributed by atoms with Crippen molar-refractivity contribution in [3.05, 3.63) is 29.8 Å². The van der Waals surface area contributed by atoms with Gasteiger partial charge in [-0.25, -0.2) is 9.18 Å². The van der Waals surface area contributed by atoms with Crippen LogP contribution in [0.15, 0.2) is 24.3 Å². The largest absolute Gasteiger partial charge is 0.497 e. The van der Waals surface area contributed by atoms with Crippen molar-refractivity contribution < 1.29 is 18.7 Å². The molecule has 1 aliphatic heterocycles. The van der Waals surface area contributed by atoms with E-state index >= 15 is 0 Å². The molecule has 5 nitrogen and oxygen atoms in total. The standard InChI is InChI=1S/C18H27FN2O3/c1-17(2)10-14(15(19)18(3,4)21-17)24-16(22)20-11-12-6-8-13(23-5)9-7-12/h6-9,14-15,21H,10-11H2,1-5H3,(H,20,22)/t14-,15+/m0/s1. The highest BCUT2D eigenvalue weighted by Gasteiger charge is 2.48. The van der Waals surface area contributed by atoms with Gasteiger partial charge in [-0.05, 0) is 45.4 Å². The summed E-state index contributed by atoms with van der Waals surface area (Å²) in [4.78, 5) is 12.0. The van der Waals surface area contributed by atoms with Crippen molar-refractivity contribution in [3.63, 3.8) is 0 Å². The molecule has 0 bridgehead atoms. The molecule has 2 N–H and O–H groups in total. The first-order valence-electron chi connectivity index (χ1n) is 8.14. The molecule has 1 aromatic rings. The van der Waals surface area contributed by atoms with E-state index < -0.39 is 23.9 Å². The fraction of sp³-hybridized carbons (Fsp3) is 0.611. The topological polar surface area (TPSA) is 59.6 Å². The van der Waals surface area contributed by atoms with Crippen molar-refractivity contribution in [2.24, 2.45) is 0 Å². The van der Waals surface area contributed by atoms with Gasteiger partial charge in [0.15, 0.2) is 6.17 Å². The van der Waals surface area contributed by atoms with E-state index in [0.29, 0.717) is 13.0 Å². The number of benzene rings is 1. The maximum atomic E-state index is 14.6. The van der Waals surface area contributed by atoms with Gasteiger partial charge in [-0.1, -0.05) is 12.1 Å².